The number of nitrogens with one attached hydrogen (secondary N) is 2. The van der Waals surface area contributed by atoms with Crippen molar-refractivity contribution >= 4 is 9.84 Å². The van der Waals surface area contributed by atoms with Gasteiger partial charge in [-0.2, -0.15) is 0 Å². The fourth-order valence-corrected chi connectivity index (χ4v) is 7.63. The number of benzene rings is 1. The summed E-state index contributed by atoms with van der Waals surface area (Å²) < 4.78 is 47.5. The first-order valence-corrected chi connectivity index (χ1v) is 14.5. The van der Waals surface area contributed by atoms with E-state index in [0.717, 1.165) is 6.54 Å². The van der Waals surface area contributed by atoms with Gasteiger partial charge in [0.2, 0.25) is 0 Å². The van der Waals surface area contributed by atoms with Gasteiger partial charge in [0.25, 0.3) is 0 Å². The van der Waals surface area contributed by atoms with Crippen molar-refractivity contribution in [2.24, 2.45) is 0 Å². The summed E-state index contributed by atoms with van der Waals surface area (Å²) in [6.45, 7) is 1.34. The van der Waals surface area contributed by atoms with E-state index in [2.05, 4.69) is 21.9 Å². The molecule has 3 unspecified atom stereocenters. The molecular formula is C27H32FN5O4S. The van der Waals surface area contributed by atoms with Crippen LogP contribution in [-0.4, -0.2) is 66.2 Å². The minimum absolute atomic E-state index is 0.0206. The molecule has 2 aromatic rings. The van der Waals surface area contributed by atoms with Gasteiger partial charge in [0.05, 0.1) is 29.6 Å². The fourth-order valence-electron chi connectivity index (χ4n) is 5.88. The van der Waals surface area contributed by atoms with Crippen LogP contribution < -0.4 is 10.7 Å². The molecule has 1 saturated carbocycles. The number of hydrogen-bond donors (Lipinski definition) is 3. The predicted molar refractivity (Wildman–Crippen MR) is 138 cm³/mol. The third-order valence-corrected chi connectivity index (χ3v) is 10.0. The second-order valence-electron chi connectivity index (χ2n) is 10.3. The van der Waals surface area contributed by atoms with E-state index in [-0.39, 0.29) is 16.9 Å². The summed E-state index contributed by atoms with van der Waals surface area (Å²) in [6, 6.07) is 8.76. The van der Waals surface area contributed by atoms with Gasteiger partial charge in [-0.15, -0.1) is 5.12 Å². The highest BCUT2D eigenvalue weighted by atomic mass is 32.2. The van der Waals surface area contributed by atoms with E-state index in [1.54, 1.807) is 24.3 Å². The molecule has 2 fully saturated rings. The highest BCUT2D eigenvalue weighted by Crippen LogP contribution is 2.37. The van der Waals surface area contributed by atoms with Crippen LogP contribution in [0.3, 0.4) is 0 Å². The SMILES string of the molecule is CO[C@H](c1ccc(F)cc1)c1cc(C2NCCC2O)nc(S(=O)(=O)[C@@H]2CCC3=CN4C=CCN4NC3C2)c1. The maximum Gasteiger partial charge on any atom is 0.198 e. The van der Waals surface area contributed by atoms with Gasteiger partial charge in [-0.1, -0.05) is 12.1 Å². The Morgan fingerprint density at radius 2 is 2.00 bits per heavy atom. The number of aromatic nitrogens is 1. The number of sulfone groups is 1. The predicted octanol–water partition coefficient (Wildman–Crippen LogP) is 2.50. The van der Waals surface area contributed by atoms with E-state index in [1.165, 1.54) is 24.8 Å². The maximum atomic E-state index is 14.1. The van der Waals surface area contributed by atoms with Crippen LogP contribution in [0.25, 0.3) is 0 Å². The molecule has 11 heteroatoms. The number of methoxy groups -OCH3 is 1. The molecule has 1 aromatic heterocycles. The lowest BCUT2D eigenvalue weighted by molar-refractivity contribution is 0.00605. The minimum atomic E-state index is -3.81. The molecule has 1 aliphatic carbocycles. The van der Waals surface area contributed by atoms with E-state index in [1.807, 2.05) is 22.4 Å². The van der Waals surface area contributed by atoms with Crippen molar-refractivity contribution in [1.82, 2.24) is 25.9 Å². The van der Waals surface area contributed by atoms with Crippen LogP contribution in [-0.2, 0) is 14.6 Å². The smallest absolute Gasteiger partial charge is 0.198 e. The van der Waals surface area contributed by atoms with Crippen molar-refractivity contribution in [1.29, 1.82) is 0 Å². The summed E-state index contributed by atoms with van der Waals surface area (Å²) in [5.74, 6) is -0.365. The molecule has 0 radical (unpaired) electrons. The summed E-state index contributed by atoms with van der Waals surface area (Å²) in [6.07, 6.45) is 6.99. The lowest BCUT2D eigenvalue weighted by Crippen LogP contribution is -2.55. The zero-order chi connectivity index (χ0) is 26.4. The van der Waals surface area contributed by atoms with Crippen LogP contribution in [0.15, 0.2) is 65.5 Å². The van der Waals surface area contributed by atoms with Gasteiger partial charge >= 0.3 is 0 Å². The van der Waals surface area contributed by atoms with Crippen LogP contribution in [0.1, 0.15) is 54.6 Å². The summed E-state index contributed by atoms with van der Waals surface area (Å²) in [4.78, 5) is 4.60. The standard InChI is InChI=1S/C27H32FN5O4S/c1-37-27(17-3-6-20(28)7-4-17)19-13-23(26-24(34)9-10-29-26)30-25(14-19)38(35,36)21-8-5-18-16-32-11-2-12-33(32)31-22(18)15-21/h2-4,6-7,11,13-14,16,21-22,24,26-27,29,31,34H,5,8-10,12,15H2,1H3/t21-,22?,24?,26?,27-/m1/s1. The zero-order valence-corrected chi connectivity index (χ0v) is 21.9. The summed E-state index contributed by atoms with van der Waals surface area (Å²) >= 11 is 0. The zero-order valence-electron chi connectivity index (χ0n) is 21.1. The quantitative estimate of drug-likeness (QED) is 0.509. The number of rotatable bonds is 6. The lowest BCUT2D eigenvalue weighted by atomic mass is 9.90. The summed E-state index contributed by atoms with van der Waals surface area (Å²) in [5, 5.41) is 17.2. The van der Waals surface area contributed by atoms with Crippen LogP contribution in [0.2, 0.25) is 0 Å². The van der Waals surface area contributed by atoms with Crippen molar-refractivity contribution in [2.75, 3.05) is 20.2 Å². The molecule has 0 bridgehead atoms. The number of aliphatic hydroxyl groups excluding tert-OH is 1. The van der Waals surface area contributed by atoms with Crippen LogP contribution >= 0.6 is 0 Å². The molecule has 3 aliphatic heterocycles. The first-order chi connectivity index (χ1) is 18.3. The van der Waals surface area contributed by atoms with E-state index in [0.29, 0.717) is 49.0 Å². The Morgan fingerprint density at radius 3 is 2.74 bits per heavy atom. The van der Waals surface area contributed by atoms with Crippen LogP contribution in [0.4, 0.5) is 4.39 Å². The van der Waals surface area contributed by atoms with Gasteiger partial charge < -0.3 is 15.2 Å². The topological polar surface area (TPSA) is 107 Å². The van der Waals surface area contributed by atoms with Gasteiger partial charge in [-0.25, -0.2) is 23.2 Å². The number of nitrogens with zero attached hydrogens (tertiary/aromatic N) is 3. The molecule has 3 N–H and O–H groups in total. The highest BCUT2D eigenvalue weighted by Gasteiger charge is 2.40. The second kappa shape index (κ2) is 10.1. The Morgan fingerprint density at radius 1 is 1.18 bits per heavy atom. The number of hydrogen-bond acceptors (Lipinski definition) is 9. The first kappa shape index (κ1) is 25.6. The number of pyridine rings is 1. The molecule has 202 valence electrons. The van der Waals surface area contributed by atoms with Gasteiger partial charge in [0.15, 0.2) is 14.9 Å². The van der Waals surface area contributed by atoms with Crippen molar-refractivity contribution in [3.05, 3.63) is 83.1 Å². The molecule has 5 atom stereocenters. The monoisotopic (exact) mass is 541 g/mol. The van der Waals surface area contributed by atoms with Crippen LogP contribution in [0, 0.1) is 5.82 Å². The third-order valence-electron chi connectivity index (χ3n) is 7.91. The van der Waals surface area contributed by atoms with Gasteiger partial charge in [0.1, 0.15) is 11.9 Å². The molecule has 6 rings (SSSR count). The van der Waals surface area contributed by atoms with E-state index >= 15 is 0 Å². The molecule has 4 heterocycles. The van der Waals surface area contributed by atoms with E-state index < -0.39 is 33.3 Å². The number of halogens is 1. The van der Waals surface area contributed by atoms with Crippen molar-refractivity contribution in [3.63, 3.8) is 0 Å². The largest absolute Gasteiger partial charge is 0.391 e. The van der Waals surface area contributed by atoms with Crippen molar-refractivity contribution in [2.45, 2.75) is 60.3 Å². The molecule has 0 amide bonds. The third kappa shape index (κ3) is 4.67. The normalized spacial score (nSPS) is 28.2. The number of fused-ring (bicyclic) bond motifs is 2. The molecule has 0 spiro atoms. The van der Waals surface area contributed by atoms with Gasteiger partial charge in [0, 0.05) is 25.6 Å². The first-order valence-electron chi connectivity index (χ1n) is 13.0. The highest BCUT2D eigenvalue weighted by molar-refractivity contribution is 7.92. The second-order valence-corrected chi connectivity index (χ2v) is 12.5. The molecular weight excluding hydrogens is 509 g/mol. The average Bonchev–Trinajstić information content (AvgIpc) is 3.56. The van der Waals surface area contributed by atoms with Gasteiger partial charge in [-0.05, 0) is 79.3 Å². The number of ether oxygens (including phenoxy) is 1. The summed E-state index contributed by atoms with van der Waals surface area (Å²) in [7, 11) is -2.28. The van der Waals surface area contributed by atoms with Crippen LogP contribution in [0.5, 0.6) is 0 Å². The fraction of sp³-hybridized carbons (Fsp3) is 0.444. The van der Waals surface area contributed by atoms with E-state index in [4.69, 9.17) is 4.74 Å². The van der Waals surface area contributed by atoms with E-state index in [9.17, 15) is 17.9 Å². The van der Waals surface area contributed by atoms with Crippen molar-refractivity contribution in [3.8, 4) is 0 Å². The molecule has 38 heavy (non-hydrogen) atoms. The Hall–Kier alpha value is -2.67. The maximum absolute atomic E-state index is 14.1. The molecule has 4 aliphatic rings. The Labute approximate surface area is 221 Å². The van der Waals surface area contributed by atoms with Crippen molar-refractivity contribution < 1.29 is 22.7 Å². The molecule has 9 nitrogen and oxygen atoms in total. The number of aliphatic hydroxyl groups is 1. The molecule has 1 aromatic carbocycles. The lowest BCUT2D eigenvalue weighted by Gasteiger charge is -2.41. The summed E-state index contributed by atoms with van der Waals surface area (Å²) in [5.41, 5.74) is 6.38. The number of hydrazine groups is 2. The minimum Gasteiger partial charge on any atom is -0.391 e. The Kier molecular flexibility index (Phi) is 6.83. The Balaban J connectivity index is 1.35. The van der Waals surface area contributed by atoms with Gasteiger partial charge in [-0.3, -0.25) is 5.01 Å². The molecule has 1 saturated heterocycles. The average molecular weight is 542 g/mol. The Bertz CT molecular complexity index is 1370.